The van der Waals surface area contributed by atoms with Gasteiger partial charge in [0.1, 0.15) is 19.3 Å². The van der Waals surface area contributed by atoms with Crippen LogP contribution in [0.2, 0.25) is 0 Å². The monoisotopic (exact) mass is 1050 g/mol. The predicted molar refractivity (Wildman–Crippen MR) is 312 cm³/mol. The van der Waals surface area contributed by atoms with Crippen LogP contribution < -0.4 is 10.2 Å². The third-order valence-electron chi connectivity index (χ3n) is 13.7. The van der Waals surface area contributed by atoms with Gasteiger partial charge >= 0.3 is 5.97 Å². The fraction of sp³-hybridized carbons (Fsp3) is 0.841. The lowest BCUT2D eigenvalue weighted by molar-refractivity contribution is -0.870. The van der Waals surface area contributed by atoms with Gasteiger partial charge in [-0.05, 0) is 76.7 Å². The molecule has 0 heterocycles. The number of allylic oxidation sites excluding steroid dienone is 7. The zero-order chi connectivity index (χ0) is 53.6. The highest BCUT2D eigenvalue weighted by Crippen LogP contribution is 2.38. The molecule has 0 aromatic rings. The molecule has 1 amide bonds. The molecular weight excluding hydrogens is 928 g/mol. The molecule has 0 aromatic carbocycles. The van der Waals surface area contributed by atoms with Crippen LogP contribution in [0.5, 0.6) is 0 Å². The molecule has 0 aliphatic rings. The lowest BCUT2D eigenvalue weighted by Gasteiger charge is -2.30. The summed E-state index contributed by atoms with van der Waals surface area (Å²) in [5, 5.41) is 3.02. The van der Waals surface area contributed by atoms with Crippen LogP contribution in [0, 0.1) is 0 Å². The number of carbonyl (C=O) groups excluding carboxylic acids is 2. The molecule has 0 radical (unpaired) electrons. The molecule has 0 saturated carbocycles. The van der Waals surface area contributed by atoms with E-state index in [1.54, 1.807) is 0 Å². The number of esters is 1. The van der Waals surface area contributed by atoms with E-state index in [1.165, 1.54) is 199 Å². The Labute approximate surface area is 452 Å². The van der Waals surface area contributed by atoms with Gasteiger partial charge in [0.2, 0.25) is 5.91 Å². The van der Waals surface area contributed by atoms with Gasteiger partial charge in [0.15, 0.2) is 0 Å². The highest BCUT2D eigenvalue weighted by atomic mass is 31.2. The summed E-state index contributed by atoms with van der Waals surface area (Å²) in [5.74, 6) is -0.612. The predicted octanol–water partition coefficient (Wildman–Crippen LogP) is 18.3. The highest BCUT2D eigenvalue weighted by Gasteiger charge is 2.27. The molecule has 428 valence electrons. The van der Waals surface area contributed by atoms with Gasteiger partial charge in [-0.3, -0.25) is 14.2 Å². The van der Waals surface area contributed by atoms with Gasteiger partial charge in [0.05, 0.1) is 33.8 Å². The number of hydrogen-bond acceptors (Lipinski definition) is 7. The summed E-state index contributed by atoms with van der Waals surface area (Å²) in [4.78, 5) is 39.9. The Morgan fingerprint density at radius 1 is 0.479 bits per heavy atom. The van der Waals surface area contributed by atoms with Crippen LogP contribution in [0.3, 0.4) is 0 Å². The van der Waals surface area contributed by atoms with E-state index in [0.717, 1.165) is 51.4 Å². The summed E-state index contributed by atoms with van der Waals surface area (Å²) in [5.41, 5.74) is 0. The van der Waals surface area contributed by atoms with Crippen LogP contribution in [-0.2, 0) is 27.9 Å². The summed E-state index contributed by atoms with van der Waals surface area (Å²) >= 11 is 0. The molecule has 0 aromatic heterocycles. The maximum atomic E-state index is 13.5. The minimum absolute atomic E-state index is 0.0293. The molecule has 0 rings (SSSR count). The molecule has 73 heavy (non-hydrogen) atoms. The molecule has 0 aliphatic carbocycles. The van der Waals surface area contributed by atoms with Crippen LogP contribution in [0.1, 0.15) is 290 Å². The Kier molecular flexibility index (Phi) is 51.9. The maximum Gasteiger partial charge on any atom is 0.306 e. The fourth-order valence-corrected chi connectivity index (χ4v) is 9.65. The molecule has 0 bridgehead atoms. The second-order valence-electron chi connectivity index (χ2n) is 22.2. The molecule has 0 aliphatic heterocycles. The topological polar surface area (TPSA) is 114 Å². The third-order valence-corrected chi connectivity index (χ3v) is 14.7. The number of nitrogens with one attached hydrogen (secondary N) is 1. The lowest BCUT2D eigenvalue weighted by atomic mass is 10.0. The largest absolute Gasteiger partial charge is 0.756 e. The smallest absolute Gasteiger partial charge is 0.306 e. The maximum absolute atomic E-state index is 13.5. The summed E-state index contributed by atoms with van der Waals surface area (Å²) < 4.78 is 30.2. The Morgan fingerprint density at radius 3 is 1.27 bits per heavy atom. The number of carbonyl (C=O) groups is 2. The molecule has 1 N–H and O–H groups in total. The van der Waals surface area contributed by atoms with E-state index in [9.17, 15) is 19.0 Å². The quantitative estimate of drug-likeness (QED) is 0.0212. The van der Waals surface area contributed by atoms with Crippen LogP contribution in [0.4, 0.5) is 0 Å². The Balaban J connectivity index is 5.27. The second kappa shape index (κ2) is 53.4. The Bertz CT molecular complexity index is 1390. The SMILES string of the molecule is CCCCCCCC/C=C\C/C=C/CCC(=O)OC(/C=C\CCCCCCCCCCCCC)C(COP(=O)([O-])OCC[N+](C)(C)C)NC(=O)CCCCCCCCCCCCC/C=C/CCCCCCCC. The lowest BCUT2D eigenvalue weighted by Crippen LogP contribution is -2.47. The van der Waals surface area contributed by atoms with Gasteiger partial charge in [-0.1, -0.05) is 250 Å². The van der Waals surface area contributed by atoms with Crippen LogP contribution >= 0.6 is 7.82 Å². The molecule has 0 spiro atoms. The van der Waals surface area contributed by atoms with Gasteiger partial charge < -0.3 is 28.5 Å². The van der Waals surface area contributed by atoms with Crippen molar-refractivity contribution in [2.24, 2.45) is 0 Å². The van der Waals surface area contributed by atoms with Crippen LogP contribution in [0.15, 0.2) is 48.6 Å². The van der Waals surface area contributed by atoms with E-state index < -0.39 is 32.5 Å². The molecule has 10 heteroatoms. The van der Waals surface area contributed by atoms with Crippen molar-refractivity contribution in [3.05, 3.63) is 48.6 Å². The number of unbranched alkanes of at least 4 members (excludes halogenated alkanes) is 34. The number of quaternary nitrogens is 1. The summed E-state index contributed by atoms with van der Waals surface area (Å²) in [6.07, 6.45) is 65.2. The molecule has 9 nitrogen and oxygen atoms in total. The minimum atomic E-state index is -4.71. The van der Waals surface area contributed by atoms with Crippen molar-refractivity contribution in [2.45, 2.75) is 303 Å². The van der Waals surface area contributed by atoms with E-state index in [-0.39, 0.29) is 18.9 Å². The molecular formula is C63H119N2O7P. The standard InChI is InChI=1S/C63H119N2O7P/c1-7-10-13-16-19-22-25-28-29-30-31-32-33-34-35-38-40-43-46-49-52-55-62(66)64-60(59-71-73(68,69)70-58-57-65(4,5)6)61(54-51-48-45-42-39-36-26-23-20-17-14-11-8-2)72-63(67)56-53-50-47-44-41-37-27-24-21-18-15-12-9-3/h28-29,37,41,47,50-51,54,60-61H,7-27,30-36,38-40,42-46,48-49,52-53,55-59H2,1-6H3,(H-,64,66,68,69)/b29-28+,41-37-,50-47+,54-51-. The summed E-state index contributed by atoms with van der Waals surface area (Å²) in [6, 6.07) is -0.909. The van der Waals surface area contributed by atoms with Crippen molar-refractivity contribution >= 4 is 19.7 Å². The number of amides is 1. The molecule has 0 fully saturated rings. The van der Waals surface area contributed by atoms with Crippen LogP contribution in [-0.4, -0.2) is 69.4 Å². The van der Waals surface area contributed by atoms with Crippen LogP contribution in [0.25, 0.3) is 0 Å². The first-order valence-corrected chi connectivity index (χ1v) is 32.4. The van der Waals surface area contributed by atoms with Crippen molar-refractivity contribution in [2.75, 3.05) is 40.9 Å². The number of likely N-dealkylation sites (N-methyl/N-ethyl adjacent to an activating group) is 1. The Morgan fingerprint density at radius 2 is 0.849 bits per heavy atom. The van der Waals surface area contributed by atoms with E-state index in [2.05, 4.69) is 56.5 Å². The summed E-state index contributed by atoms with van der Waals surface area (Å²) in [6.45, 7) is 6.81. The van der Waals surface area contributed by atoms with E-state index in [1.807, 2.05) is 39.4 Å². The number of phosphoric ester groups is 1. The van der Waals surface area contributed by atoms with Gasteiger partial charge in [0, 0.05) is 12.8 Å². The van der Waals surface area contributed by atoms with Gasteiger partial charge in [-0.2, -0.15) is 0 Å². The minimum Gasteiger partial charge on any atom is -0.756 e. The van der Waals surface area contributed by atoms with E-state index >= 15 is 0 Å². The number of rotatable bonds is 56. The van der Waals surface area contributed by atoms with Gasteiger partial charge in [-0.15, -0.1) is 0 Å². The summed E-state index contributed by atoms with van der Waals surface area (Å²) in [7, 11) is 1.16. The normalized spacial score (nSPS) is 14.0. The van der Waals surface area contributed by atoms with Gasteiger partial charge in [-0.25, -0.2) is 0 Å². The molecule has 3 unspecified atom stereocenters. The molecule has 0 saturated heterocycles. The van der Waals surface area contributed by atoms with E-state index in [4.69, 9.17) is 13.8 Å². The molecule has 3 atom stereocenters. The van der Waals surface area contributed by atoms with Crippen molar-refractivity contribution in [3.63, 3.8) is 0 Å². The first-order valence-electron chi connectivity index (χ1n) is 30.9. The number of phosphoric acid groups is 1. The average Bonchev–Trinajstić information content (AvgIpc) is 3.35. The zero-order valence-corrected chi connectivity index (χ0v) is 49.7. The number of hydrogen-bond donors (Lipinski definition) is 1. The van der Waals surface area contributed by atoms with Crippen molar-refractivity contribution in [1.29, 1.82) is 0 Å². The number of nitrogens with zero attached hydrogens (tertiary/aromatic N) is 1. The third kappa shape index (κ3) is 54.6. The first-order chi connectivity index (χ1) is 35.4. The first kappa shape index (κ1) is 71.0. The highest BCUT2D eigenvalue weighted by molar-refractivity contribution is 7.45. The van der Waals surface area contributed by atoms with E-state index in [0.29, 0.717) is 23.9 Å². The van der Waals surface area contributed by atoms with Gasteiger partial charge in [0.25, 0.3) is 7.82 Å². The number of ether oxygens (including phenoxy) is 1. The second-order valence-corrected chi connectivity index (χ2v) is 23.6. The van der Waals surface area contributed by atoms with Crippen molar-refractivity contribution in [3.8, 4) is 0 Å². The average molecular weight is 1050 g/mol. The Hall–Kier alpha value is -2.03. The van der Waals surface area contributed by atoms with Crippen molar-refractivity contribution in [1.82, 2.24) is 5.32 Å². The fourth-order valence-electron chi connectivity index (χ4n) is 8.92. The zero-order valence-electron chi connectivity index (χ0n) is 48.8. The van der Waals surface area contributed by atoms with Crippen molar-refractivity contribution < 1.29 is 37.3 Å².